The highest BCUT2D eigenvalue weighted by Gasteiger charge is 2.41. The van der Waals surface area contributed by atoms with Crippen LogP contribution in [0.15, 0.2) is 72.9 Å². The molecule has 1 atom stereocenters. The summed E-state index contributed by atoms with van der Waals surface area (Å²) < 4.78 is 13.0. The molecule has 1 unspecified atom stereocenters. The summed E-state index contributed by atoms with van der Waals surface area (Å²) in [6, 6.07) is 21.9. The Balaban J connectivity index is 0.867. The lowest BCUT2D eigenvalue weighted by Crippen LogP contribution is -2.53. The quantitative estimate of drug-likeness (QED) is 0.107. The molecule has 51 heavy (non-hydrogen) atoms. The fourth-order valence-corrected chi connectivity index (χ4v) is 7.81. The van der Waals surface area contributed by atoms with Crippen LogP contribution in [-0.2, 0) is 27.3 Å². The number of rotatable bonds is 12. The molecule has 5 aromatic rings. The Hall–Kier alpha value is -5.13. The molecular weight excluding hydrogens is 663 g/mol. The second kappa shape index (κ2) is 14.6. The van der Waals surface area contributed by atoms with Crippen molar-refractivity contribution in [3.05, 3.63) is 95.2 Å². The van der Waals surface area contributed by atoms with Crippen LogP contribution >= 0.6 is 11.3 Å². The van der Waals surface area contributed by atoms with E-state index in [1.807, 2.05) is 37.3 Å². The van der Waals surface area contributed by atoms with E-state index in [9.17, 15) is 14.4 Å². The predicted molar refractivity (Wildman–Crippen MR) is 199 cm³/mol. The van der Waals surface area contributed by atoms with E-state index in [-0.39, 0.29) is 24.1 Å². The topological polar surface area (TPSA) is 105 Å². The van der Waals surface area contributed by atoms with Crippen molar-refractivity contribution in [3.8, 4) is 27.4 Å². The normalized spacial score (nSPS) is 15.9. The van der Waals surface area contributed by atoms with Crippen molar-refractivity contribution >= 4 is 45.1 Å². The molecule has 2 aromatic heterocycles. The largest absolute Gasteiger partial charge is 0.491 e. The molecule has 1 saturated heterocycles. The van der Waals surface area contributed by atoms with Crippen molar-refractivity contribution in [2.45, 2.75) is 45.2 Å². The number of fused-ring (bicyclic) bond motifs is 2. The maximum atomic E-state index is 13.0. The second-order valence-electron chi connectivity index (χ2n) is 13.3. The van der Waals surface area contributed by atoms with E-state index >= 15 is 0 Å². The number of thiazole rings is 1. The van der Waals surface area contributed by atoms with Gasteiger partial charge in [-0.05, 0) is 90.9 Å². The van der Waals surface area contributed by atoms with E-state index in [1.54, 1.807) is 28.4 Å². The number of nitrogens with zero attached hydrogens (tertiary/aromatic N) is 5. The van der Waals surface area contributed by atoms with Crippen LogP contribution < -0.4 is 9.64 Å². The number of benzene rings is 3. The Bertz CT molecular complexity index is 2110. The van der Waals surface area contributed by atoms with Crippen molar-refractivity contribution in [2.75, 3.05) is 45.9 Å². The number of aromatic nitrogens is 2. The van der Waals surface area contributed by atoms with Crippen molar-refractivity contribution in [3.63, 3.8) is 0 Å². The van der Waals surface area contributed by atoms with Gasteiger partial charge in [-0.1, -0.05) is 24.3 Å². The number of aryl methyl sites for hydroxylation is 2. The first kappa shape index (κ1) is 34.3. The molecule has 0 N–H and O–H groups in total. The average molecular weight is 704 g/mol. The number of ether oxygens (including phenoxy) is 2. The highest BCUT2D eigenvalue weighted by atomic mass is 32.1. The summed E-state index contributed by atoms with van der Waals surface area (Å²) in [4.78, 5) is 51.8. The molecule has 0 saturated carbocycles. The third kappa shape index (κ3) is 7.22. The molecule has 0 radical (unpaired) electrons. The van der Waals surface area contributed by atoms with Crippen molar-refractivity contribution in [1.29, 1.82) is 0 Å². The van der Waals surface area contributed by atoms with E-state index < -0.39 is 6.04 Å². The minimum absolute atomic E-state index is 0.183. The van der Waals surface area contributed by atoms with Crippen molar-refractivity contribution in [1.82, 2.24) is 19.8 Å². The van der Waals surface area contributed by atoms with Crippen LogP contribution in [0.5, 0.6) is 5.75 Å². The molecule has 0 bridgehead atoms. The number of carbonyl (C=O) groups is 3. The van der Waals surface area contributed by atoms with Crippen molar-refractivity contribution in [2.24, 2.45) is 0 Å². The first-order chi connectivity index (χ1) is 24.7. The zero-order valence-electron chi connectivity index (χ0n) is 29.3. The second-order valence-corrected chi connectivity index (χ2v) is 14.3. The van der Waals surface area contributed by atoms with Gasteiger partial charge in [0.25, 0.3) is 11.8 Å². The number of likely N-dealkylation sites (N-methyl/N-ethyl adjacent to an activating group) is 1. The van der Waals surface area contributed by atoms with E-state index in [2.05, 4.69) is 54.4 Å². The van der Waals surface area contributed by atoms with Crippen molar-refractivity contribution < 1.29 is 23.9 Å². The summed E-state index contributed by atoms with van der Waals surface area (Å²) in [5.74, 6) is 0.875. The van der Waals surface area contributed by atoms with Gasteiger partial charge < -0.3 is 19.3 Å². The zero-order chi connectivity index (χ0) is 35.6. The van der Waals surface area contributed by atoms with Gasteiger partial charge in [-0.3, -0.25) is 19.3 Å². The molecule has 11 heteroatoms. The molecule has 0 aliphatic carbocycles. The van der Waals surface area contributed by atoms with Crippen LogP contribution in [0.2, 0.25) is 0 Å². The number of carbonyl (C=O) groups excluding carboxylic acids is 3. The van der Waals surface area contributed by atoms with Gasteiger partial charge in [-0.15, -0.1) is 11.3 Å². The molecule has 2 aliphatic rings. The zero-order valence-corrected chi connectivity index (χ0v) is 30.2. The van der Waals surface area contributed by atoms with E-state index in [1.165, 1.54) is 22.9 Å². The minimum atomic E-state index is -0.615. The number of anilines is 1. The molecule has 7 rings (SSSR count). The van der Waals surface area contributed by atoms with E-state index in [4.69, 9.17) is 14.5 Å². The third-order valence-electron chi connectivity index (χ3n) is 9.61. The summed E-state index contributed by atoms with van der Waals surface area (Å²) in [5, 5.41) is 1.02. The fraction of sp³-hybridized carbons (Fsp3) is 0.325. The van der Waals surface area contributed by atoms with Crippen LogP contribution in [0.4, 0.5) is 5.82 Å². The van der Waals surface area contributed by atoms with Gasteiger partial charge in [0.2, 0.25) is 5.91 Å². The summed E-state index contributed by atoms with van der Waals surface area (Å²) in [6.45, 7) is 3.92. The smallest absolute Gasteiger partial charge is 0.255 e. The Kier molecular flexibility index (Phi) is 9.84. The standard InChI is InChI=1S/C40H41N5O5S/c1-25-20-27(28-9-15-36(41-23-28)43(2)3)8-11-31(25)38-42-33-13-7-26(21-35(33)51-38)6-5-17-49-18-19-50-30-10-12-32-29(22-30)24-45(39(32)47)34-14-16-37(46)44(4)40(34)48/h7-13,15,20-23,34H,5-6,14,16-19,24H2,1-4H3. The van der Waals surface area contributed by atoms with Crippen LogP contribution in [0.25, 0.3) is 31.9 Å². The predicted octanol–water partition coefficient (Wildman–Crippen LogP) is 6.53. The Morgan fingerprint density at radius 3 is 2.53 bits per heavy atom. The Labute approximate surface area is 301 Å². The average Bonchev–Trinajstić information content (AvgIpc) is 3.70. The molecular formula is C40H41N5O5S. The third-order valence-corrected chi connectivity index (χ3v) is 10.7. The molecule has 3 aromatic carbocycles. The van der Waals surface area contributed by atoms with Crippen LogP contribution in [0, 0.1) is 6.92 Å². The summed E-state index contributed by atoms with van der Waals surface area (Å²) >= 11 is 1.72. The van der Waals surface area contributed by atoms with Gasteiger partial charge in [-0.25, -0.2) is 9.97 Å². The number of imide groups is 1. The summed E-state index contributed by atoms with van der Waals surface area (Å²) in [7, 11) is 5.45. The number of likely N-dealkylation sites (tertiary alicyclic amines) is 1. The highest BCUT2D eigenvalue weighted by molar-refractivity contribution is 7.21. The first-order valence-electron chi connectivity index (χ1n) is 17.3. The van der Waals surface area contributed by atoms with Crippen LogP contribution in [0.1, 0.15) is 46.3 Å². The molecule has 1 fully saturated rings. The number of hydrogen-bond acceptors (Lipinski definition) is 9. The van der Waals surface area contributed by atoms with Gasteiger partial charge in [0, 0.05) is 63.6 Å². The van der Waals surface area contributed by atoms with Gasteiger partial charge in [0.15, 0.2) is 0 Å². The molecule has 0 spiro atoms. The summed E-state index contributed by atoms with van der Waals surface area (Å²) in [5.41, 5.74) is 8.23. The lowest BCUT2D eigenvalue weighted by Gasteiger charge is -2.33. The van der Waals surface area contributed by atoms with Crippen LogP contribution in [-0.4, -0.2) is 84.5 Å². The first-order valence-corrected chi connectivity index (χ1v) is 18.1. The number of amides is 3. The Morgan fingerprint density at radius 1 is 0.922 bits per heavy atom. The number of pyridine rings is 1. The van der Waals surface area contributed by atoms with E-state index in [0.717, 1.165) is 56.3 Å². The summed E-state index contributed by atoms with van der Waals surface area (Å²) in [6.07, 6.45) is 4.32. The lowest BCUT2D eigenvalue weighted by atomic mass is 10.0. The minimum Gasteiger partial charge on any atom is -0.491 e. The Morgan fingerprint density at radius 2 is 1.75 bits per heavy atom. The molecule has 10 nitrogen and oxygen atoms in total. The van der Waals surface area contributed by atoms with Gasteiger partial charge >= 0.3 is 0 Å². The van der Waals surface area contributed by atoms with Gasteiger partial charge in [0.05, 0.1) is 16.8 Å². The lowest BCUT2D eigenvalue weighted by molar-refractivity contribution is -0.150. The molecule has 4 heterocycles. The SMILES string of the molecule is Cc1cc(-c2ccc(N(C)C)nc2)ccc1-c1nc2ccc(CCCOCCOc3ccc4c(c3)CN(C3CCC(=O)N(C)C3=O)C4=O)cc2s1. The van der Waals surface area contributed by atoms with E-state index in [0.29, 0.717) is 44.1 Å². The number of piperidine rings is 1. The maximum absolute atomic E-state index is 13.0. The molecule has 3 amide bonds. The highest BCUT2D eigenvalue weighted by Crippen LogP contribution is 2.35. The van der Waals surface area contributed by atoms with Crippen LogP contribution in [0.3, 0.4) is 0 Å². The van der Waals surface area contributed by atoms with Gasteiger partial charge in [-0.2, -0.15) is 0 Å². The van der Waals surface area contributed by atoms with Gasteiger partial charge in [0.1, 0.15) is 29.2 Å². The molecule has 2 aliphatic heterocycles. The number of hydrogen-bond donors (Lipinski definition) is 0. The maximum Gasteiger partial charge on any atom is 0.255 e. The fourth-order valence-electron chi connectivity index (χ4n) is 6.69. The monoisotopic (exact) mass is 703 g/mol. The molecule has 262 valence electrons.